The molecule has 0 aliphatic carbocycles. The number of carbonyl (C=O) groups excluding carboxylic acids is 2. The van der Waals surface area contributed by atoms with E-state index in [1.54, 1.807) is 7.11 Å². The molecule has 7 heteroatoms. The third-order valence-corrected chi connectivity index (χ3v) is 5.28. The lowest BCUT2D eigenvalue weighted by atomic mass is 10.0. The van der Waals surface area contributed by atoms with Crippen LogP contribution in [0.15, 0.2) is 54.6 Å². The van der Waals surface area contributed by atoms with Gasteiger partial charge in [0.2, 0.25) is 5.91 Å². The Balaban J connectivity index is 1.56. The van der Waals surface area contributed by atoms with Crippen molar-refractivity contribution in [3.63, 3.8) is 0 Å². The van der Waals surface area contributed by atoms with Crippen molar-refractivity contribution >= 4 is 23.3 Å². The fraction of sp³-hybridized carbons (Fsp3) is 0.391. The molecule has 160 valence electrons. The van der Waals surface area contributed by atoms with E-state index in [0.717, 1.165) is 24.5 Å². The summed E-state index contributed by atoms with van der Waals surface area (Å²) in [6.07, 6.45) is 0. The van der Waals surface area contributed by atoms with Gasteiger partial charge in [-0.15, -0.1) is 0 Å². The van der Waals surface area contributed by atoms with E-state index in [2.05, 4.69) is 15.5 Å². The first-order valence-corrected chi connectivity index (χ1v) is 10.3. The van der Waals surface area contributed by atoms with Crippen molar-refractivity contribution in [1.82, 2.24) is 10.2 Å². The molecule has 0 saturated carbocycles. The molecule has 0 spiro atoms. The third-order valence-electron chi connectivity index (χ3n) is 5.28. The van der Waals surface area contributed by atoms with Crippen LogP contribution in [0.1, 0.15) is 13.8 Å². The van der Waals surface area contributed by atoms with Crippen LogP contribution in [-0.4, -0.2) is 56.2 Å². The van der Waals surface area contributed by atoms with Gasteiger partial charge in [0.25, 0.3) is 0 Å². The highest BCUT2D eigenvalue weighted by molar-refractivity contribution is 5.93. The predicted molar refractivity (Wildman–Crippen MR) is 119 cm³/mol. The van der Waals surface area contributed by atoms with Crippen molar-refractivity contribution in [2.45, 2.75) is 19.9 Å². The molecule has 1 aliphatic heterocycles. The SMILES string of the molecule is COc1ccc(N2CCN(C(=O)C(NC(=O)Nc3ccccc3)C(C)C)CC2)cc1. The second-order valence-corrected chi connectivity index (χ2v) is 7.70. The van der Waals surface area contributed by atoms with Gasteiger partial charge in [0.1, 0.15) is 11.8 Å². The highest BCUT2D eigenvalue weighted by Gasteiger charge is 2.30. The summed E-state index contributed by atoms with van der Waals surface area (Å²) in [5.41, 5.74) is 1.81. The number of rotatable bonds is 6. The Bertz CT molecular complexity index is 831. The quantitative estimate of drug-likeness (QED) is 0.767. The number of hydrogen-bond acceptors (Lipinski definition) is 4. The second-order valence-electron chi connectivity index (χ2n) is 7.70. The van der Waals surface area contributed by atoms with E-state index >= 15 is 0 Å². The molecule has 2 aromatic rings. The van der Waals surface area contributed by atoms with Gasteiger partial charge in [-0.25, -0.2) is 4.79 Å². The summed E-state index contributed by atoms with van der Waals surface area (Å²) in [7, 11) is 1.65. The summed E-state index contributed by atoms with van der Waals surface area (Å²) in [5.74, 6) is 0.772. The van der Waals surface area contributed by atoms with Crippen molar-refractivity contribution in [2.75, 3.05) is 43.5 Å². The predicted octanol–water partition coefficient (Wildman–Crippen LogP) is 3.19. The van der Waals surface area contributed by atoms with Crippen LogP contribution in [-0.2, 0) is 4.79 Å². The van der Waals surface area contributed by atoms with Crippen LogP contribution >= 0.6 is 0 Å². The maximum atomic E-state index is 13.1. The fourth-order valence-electron chi connectivity index (χ4n) is 3.52. The fourth-order valence-corrected chi connectivity index (χ4v) is 3.52. The minimum absolute atomic E-state index is 0.0151. The van der Waals surface area contributed by atoms with E-state index < -0.39 is 6.04 Å². The Morgan fingerprint density at radius 3 is 2.13 bits per heavy atom. The molecule has 1 saturated heterocycles. The van der Waals surface area contributed by atoms with Gasteiger partial charge in [0.05, 0.1) is 7.11 Å². The summed E-state index contributed by atoms with van der Waals surface area (Å²) < 4.78 is 5.21. The minimum Gasteiger partial charge on any atom is -0.497 e. The van der Waals surface area contributed by atoms with Gasteiger partial charge < -0.3 is 25.2 Å². The van der Waals surface area contributed by atoms with E-state index in [-0.39, 0.29) is 17.9 Å². The van der Waals surface area contributed by atoms with Crippen molar-refractivity contribution in [3.05, 3.63) is 54.6 Å². The highest BCUT2D eigenvalue weighted by atomic mass is 16.5. The Kier molecular flexibility index (Phi) is 7.17. The monoisotopic (exact) mass is 410 g/mol. The molecule has 1 aliphatic rings. The van der Waals surface area contributed by atoms with Crippen molar-refractivity contribution < 1.29 is 14.3 Å². The zero-order valence-electron chi connectivity index (χ0n) is 17.8. The smallest absolute Gasteiger partial charge is 0.319 e. The lowest BCUT2D eigenvalue weighted by molar-refractivity contribution is -0.134. The molecule has 3 rings (SSSR count). The minimum atomic E-state index is -0.568. The van der Waals surface area contributed by atoms with E-state index in [1.165, 1.54) is 0 Å². The molecule has 0 bridgehead atoms. The largest absolute Gasteiger partial charge is 0.497 e. The number of anilines is 2. The molecule has 1 heterocycles. The van der Waals surface area contributed by atoms with Gasteiger partial charge in [-0.05, 0) is 42.3 Å². The average Bonchev–Trinajstić information content (AvgIpc) is 2.78. The van der Waals surface area contributed by atoms with E-state index in [9.17, 15) is 9.59 Å². The number of ether oxygens (including phenoxy) is 1. The molecule has 7 nitrogen and oxygen atoms in total. The number of methoxy groups -OCH3 is 1. The zero-order valence-corrected chi connectivity index (χ0v) is 17.8. The Labute approximate surface area is 178 Å². The van der Waals surface area contributed by atoms with Crippen LogP contribution in [0, 0.1) is 5.92 Å². The first kappa shape index (κ1) is 21.5. The number of benzene rings is 2. The number of piperazine rings is 1. The Morgan fingerprint density at radius 1 is 0.933 bits per heavy atom. The van der Waals surface area contributed by atoms with E-state index in [1.807, 2.05) is 73.3 Å². The van der Waals surface area contributed by atoms with Gasteiger partial charge in [0.15, 0.2) is 0 Å². The molecular weight excluding hydrogens is 380 g/mol. The molecule has 1 fully saturated rings. The van der Waals surface area contributed by atoms with Crippen LogP contribution in [0.5, 0.6) is 5.75 Å². The van der Waals surface area contributed by atoms with Gasteiger partial charge in [-0.2, -0.15) is 0 Å². The van der Waals surface area contributed by atoms with Crippen molar-refractivity contribution in [1.29, 1.82) is 0 Å². The van der Waals surface area contributed by atoms with E-state index in [4.69, 9.17) is 4.74 Å². The van der Waals surface area contributed by atoms with Gasteiger partial charge in [-0.1, -0.05) is 32.0 Å². The molecular formula is C23H30N4O3. The van der Waals surface area contributed by atoms with Crippen LogP contribution in [0.3, 0.4) is 0 Å². The Morgan fingerprint density at radius 2 is 1.57 bits per heavy atom. The normalized spacial score (nSPS) is 14.9. The van der Waals surface area contributed by atoms with Crippen LogP contribution in [0.25, 0.3) is 0 Å². The standard InChI is InChI=1S/C23H30N4O3/c1-17(2)21(25-23(29)24-18-7-5-4-6-8-18)22(28)27-15-13-26(14-16-27)19-9-11-20(30-3)12-10-19/h4-12,17,21H,13-16H2,1-3H3,(H2,24,25,29). The molecule has 1 atom stereocenters. The van der Waals surface area contributed by atoms with Gasteiger partial charge >= 0.3 is 6.03 Å². The molecule has 2 N–H and O–H groups in total. The number of nitrogens with zero attached hydrogens (tertiary/aromatic N) is 2. The Hall–Kier alpha value is -3.22. The maximum Gasteiger partial charge on any atom is 0.319 e. The van der Waals surface area contributed by atoms with Gasteiger partial charge in [-0.3, -0.25) is 4.79 Å². The molecule has 0 aromatic heterocycles. The summed E-state index contributed by atoms with van der Waals surface area (Å²) in [6, 6.07) is 16.2. The van der Waals surface area contributed by atoms with Gasteiger partial charge in [0, 0.05) is 37.6 Å². The summed E-state index contributed by atoms with van der Waals surface area (Å²) in [5, 5.41) is 5.63. The second kappa shape index (κ2) is 10.0. The number of amides is 3. The van der Waals surface area contributed by atoms with Crippen LogP contribution in [0.4, 0.5) is 16.2 Å². The molecule has 30 heavy (non-hydrogen) atoms. The van der Waals surface area contributed by atoms with Crippen LogP contribution in [0.2, 0.25) is 0 Å². The average molecular weight is 411 g/mol. The molecule has 0 radical (unpaired) electrons. The molecule has 1 unspecified atom stereocenters. The summed E-state index contributed by atoms with van der Waals surface area (Å²) >= 11 is 0. The third kappa shape index (κ3) is 5.43. The summed E-state index contributed by atoms with van der Waals surface area (Å²) in [4.78, 5) is 29.6. The molecule has 3 amide bonds. The van der Waals surface area contributed by atoms with Crippen molar-refractivity contribution in [2.24, 2.45) is 5.92 Å². The zero-order chi connectivity index (χ0) is 21.5. The summed E-state index contributed by atoms with van der Waals surface area (Å²) in [6.45, 7) is 6.63. The first-order valence-electron chi connectivity index (χ1n) is 10.3. The number of hydrogen-bond donors (Lipinski definition) is 2. The topological polar surface area (TPSA) is 73.9 Å². The van der Waals surface area contributed by atoms with Crippen molar-refractivity contribution in [3.8, 4) is 5.75 Å². The van der Waals surface area contributed by atoms with Crippen LogP contribution < -0.4 is 20.3 Å². The lowest BCUT2D eigenvalue weighted by Gasteiger charge is -2.38. The number of nitrogens with one attached hydrogen (secondary N) is 2. The van der Waals surface area contributed by atoms with E-state index in [0.29, 0.717) is 18.8 Å². The number of para-hydroxylation sites is 1. The molecule has 2 aromatic carbocycles. The number of carbonyl (C=O) groups is 2. The maximum absolute atomic E-state index is 13.1. The number of urea groups is 1. The lowest BCUT2D eigenvalue weighted by Crippen LogP contribution is -2.57. The highest BCUT2D eigenvalue weighted by Crippen LogP contribution is 2.21. The first-order chi connectivity index (χ1) is 14.5.